The molecule has 5 nitrogen and oxygen atoms in total. The summed E-state index contributed by atoms with van der Waals surface area (Å²) in [6.07, 6.45) is 0.399. The summed E-state index contributed by atoms with van der Waals surface area (Å²) < 4.78 is 11.0. The van der Waals surface area contributed by atoms with Crippen LogP contribution in [0, 0.1) is 0 Å². The molecule has 0 unspecified atom stereocenters. The van der Waals surface area contributed by atoms with E-state index in [0.717, 1.165) is 11.0 Å². The predicted octanol–water partition coefficient (Wildman–Crippen LogP) is 0.899. The maximum atomic E-state index is 12.2. The van der Waals surface area contributed by atoms with E-state index < -0.39 is 11.2 Å². The van der Waals surface area contributed by atoms with Crippen LogP contribution in [0.25, 0.3) is 0 Å². The minimum Gasteiger partial charge on any atom is -0.427 e. The molecular formula is C18H27BNO4. The van der Waals surface area contributed by atoms with Crippen molar-refractivity contribution in [2.45, 2.75) is 45.3 Å². The molecule has 1 fully saturated rings. The lowest BCUT2D eigenvalue weighted by Gasteiger charge is -2.37. The molecule has 0 saturated carbocycles. The summed E-state index contributed by atoms with van der Waals surface area (Å²) in [7, 11) is 1.64. The highest BCUT2D eigenvalue weighted by Gasteiger charge is 2.35. The van der Waals surface area contributed by atoms with Crippen LogP contribution in [0.15, 0.2) is 24.3 Å². The number of aliphatic hydroxyl groups is 1. The summed E-state index contributed by atoms with van der Waals surface area (Å²) in [4.78, 5) is 14.1. The van der Waals surface area contributed by atoms with Gasteiger partial charge in [-0.05, 0) is 33.3 Å². The molecule has 6 heteroatoms. The summed E-state index contributed by atoms with van der Waals surface area (Å²) in [5.74, 6) is 0.134. The van der Waals surface area contributed by atoms with Gasteiger partial charge in [0.15, 0.2) is 0 Å². The van der Waals surface area contributed by atoms with Crippen LogP contribution in [-0.2, 0) is 20.6 Å². The SMILES string of the molecule is CC(C)(O)C(C)(C)O[B]c1ccc(CC(=O)N2CCOCC2)cc1. The van der Waals surface area contributed by atoms with Crippen LogP contribution in [0.1, 0.15) is 33.3 Å². The van der Waals surface area contributed by atoms with Crippen LogP contribution < -0.4 is 5.46 Å². The first-order valence-corrected chi connectivity index (χ1v) is 8.37. The monoisotopic (exact) mass is 332 g/mol. The highest BCUT2D eigenvalue weighted by atomic mass is 16.5. The number of rotatable bonds is 6. The number of nitrogens with zero attached hydrogens (tertiary/aromatic N) is 1. The molecule has 1 aromatic rings. The van der Waals surface area contributed by atoms with E-state index >= 15 is 0 Å². The minimum absolute atomic E-state index is 0.134. The van der Waals surface area contributed by atoms with Crippen LogP contribution in [0.3, 0.4) is 0 Å². The van der Waals surface area contributed by atoms with E-state index in [4.69, 9.17) is 9.39 Å². The summed E-state index contributed by atoms with van der Waals surface area (Å²) in [6, 6.07) is 7.71. The van der Waals surface area contributed by atoms with Crippen LogP contribution in [0.4, 0.5) is 0 Å². The Morgan fingerprint density at radius 1 is 1.21 bits per heavy atom. The Balaban J connectivity index is 1.87. The van der Waals surface area contributed by atoms with Gasteiger partial charge in [-0.25, -0.2) is 0 Å². The van der Waals surface area contributed by atoms with Gasteiger partial charge in [-0.2, -0.15) is 0 Å². The lowest BCUT2D eigenvalue weighted by atomic mass is 9.82. The zero-order valence-corrected chi connectivity index (χ0v) is 15.0. The second-order valence-electron chi connectivity index (χ2n) is 7.22. The van der Waals surface area contributed by atoms with Crippen molar-refractivity contribution in [2.75, 3.05) is 26.3 Å². The first kappa shape index (κ1) is 19.0. The average Bonchev–Trinajstić information content (AvgIpc) is 2.54. The van der Waals surface area contributed by atoms with Crippen LogP contribution in [0.2, 0.25) is 0 Å². The van der Waals surface area contributed by atoms with Gasteiger partial charge in [0.2, 0.25) is 5.91 Å². The van der Waals surface area contributed by atoms with Gasteiger partial charge in [-0.15, -0.1) is 0 Å². The largest absolute Gasteiger partial charge is 0.427 e. The predicted molar refractivity (Wildman–Crippen MR) is 94.4 cm³/mol. The lowest BCUT2D eigenvalue weighted by molar-refractivity contribution is -0.134. The Hall–Kier alpha value is -1.37. The van der Waals surface area contributed by atoms with E-state index in [0.29, 0.717) is 32.7 Å². The first-order valence-electron chi connectivity index (χ1n) is 8.37. The Labute approximate surface area is 145 Å². The Morgan fingerprint density at radius 2 is 1.79 bits per heavy atom. The number of morpholine rings is 1. The third-order valence-electron chi connectivity index (χ3n) is 4.66. The van der Waals surface area contributed by atoms with E-state index in [2.05, 4.69) is 0 Å². The number of hydrogen-bond acceptors (Lipinski definition) is 4. The lowest BCUT2D eigenvalue weighted by Crippen LogP contribution is -2.49. The molecule has 0 aliphatic carbocycles. The molecule has 1 radical (unpaired) electrons. The number of carbonyl (C=O) groups excluding carboxylic acids is 1. The van der Waals surface area contributed by atoms with Crippen LogP contribution in [0.5, 0.6) is 0 Å². The van der Waals surface area contributed by atoms with Gasteiger partial charge < -0.3 is 19.4 Å². The molecule has 1 aromatic carbocycles. The van der Waals surface area contributed by atoms with E-state index in [1.807, 2.05) is 43.0 Å². The fraction of sp³-hybridized carbons (Fsp3) is 0.611. The highest BCUT2D eigenvalue weighted by Crippen LogP contribution is 2.24. The maximum Gasteiger partial charge on any atom is 0.330 e. The number of benzene rings is 1. The van der Waals surface area contributed by atoms with Crippen molar-refractivity contribution in [1.29, 1.82) is 0 Å². The van der Waals surface area contributed by atoms with Gasteiger partial charge >= 0.3 is 7.48 Å². The molecule has 1 saturated heterocycles. The quantitative estimate of drug-likeness (QED) is 0.787. The van der Waals surface area contributed by atoms with Crippen molar-refractivity contribution in [3.05, 3.63) is 29.8 Å². The standard InChI is InChI=1S/C18H27BNO4/c1-17(2,22)18(3,4)24-19-15-7-5-14(6-8-15)13-16(21)20-9-11-23-12-10-20/h5-8,22H,9-13H2,1-4H3. The average molecular weight is 332 g/mol. The van der Waals surface area contributed by atoms with Crippen molar-refractivity contribution in [3.8, 4) is 0 Å². The molecule has 1 amide bonds. The second kappa shape index (κ2) is 7.68. The number of amides is 1. The van der Waals surface area contributed by atoms with E-state index in [9.17, 15) is 9.90 Å². The molecule has 131 valence electrons. The van der Waals surface area contributed by atoms with Crippen molar-refractivity contribution < 1.29 is 19.3 Å². The van der Waals surface area contributed by atoms with Crippen molar-refractivity contribution >= 4 is 18.9 Å². The van der Waals surface area contributed by atoms with Gasteiger partial charge in [-0.3, -0.25) is 4.79 Å². The molecule has 24 heavy (non-hydrogen) atoms. The third-order valence-corrected chi connectivity index (χ3v) is 4.66. The Morgan fingerprint density at radius 3 is 2.33 bits per heavy atom. The van der Waals surface area contributed by atoms with E-state index in [1.165, 1.54) is 0 Å². The molecule has 1 heterocycles. The highest BCUT2D eigenvalue weighted by molar-refractivity contribution is 6.47. The number of carbonyl (C=O) groups is 1. The van der Waals surface area contributed by atoms with E-state index in [1.54, 1.807) is 21.3 Å². The molecule has 2 rings (SSSR count). The molecule has 1 N–H and O–H groups in total. The Kier molecular flexibility index (Phi) is 6.07. The smallest absolute Gasteiger partial charge is 0.330 e. The van der Waals surface area contributed by atoms with Crippen molar-refractivity contribution in [3.63, 3.8) is 0 Å². The van der Waals surface area contributed by atoms with Crippen molar-refractivity contribution in [1.82, 2.24) is 4.90 Å². The summed E-state index contributed by atoms with van der Waals surface area (Å²) in [5.41, 5.74) is 0.228. The van der Waals surface area contributed by atoms with Gasteiger partial charge in [0.05, 0.1) is 30.8 Å². The van der Waals surface area contributed by atoms with E-state index in [-0.39, 0.29) is 5.91 Å². The molecule has 0 aromatic heterocycles. The van der Waals surface area contributed by atoms with Crippen molar-refractivity contribution in [2.24, 2.45) is 0 Å². The third kappa shape index (κ3) is 5.06. The summed E-state index contributed by atoms with van der Waals surface area (Å²) in [6.45, 7) is 9.72. The summed E-state index contributed by atoms with van der Waals surface area (Å²) in [5, 5.41) is 10.1. The topological polar surface area (TPSA) is 59.0 Å². The molecular weight excluding hydrogens is 305 g/mol. The van der Waals surface area contributed by atoms with Crippen LogP contribution in [-0.4, -0.2) is 60.9 Å². The van der Waals surface area contributed by atoms with Gasteiger partial charge in [0, 0.05) is 13.1 Å². The zero-order chi connectivity index (χ0) is 17.8. The number of hydrogen-bond donors (Lipinski definition) is 1. The second-order valence-corrected chi connectivity index (χ2v) is 7.22. The van der Waals surface area contributed by atoms with Gasteiger partial charge in [0.1, 0.15) is 0 Å². The molecule has 0 atom stereocenters. The fourth-order valence-corrected chi connectivity index (χ4v) is 2.17. The zero-order valence-electron chi connectivity index (χ0n) is 15.0. The first-order chi connectivity index (χ1) is 11.2. The van der Waals surface area contributed by atoms with Crippen LogP contribution >= 0.6 is 0 Å². The molecule has 0 spiro atoms. The normalized spacial score (nSPS) is 16.1. The fourth-order valence-electron chi connectivity index (χ4n) is 2.17. The molecule has 0 bridgehead atoms. The molecule has 1 aliphatic rings. The maximum absolute atomic E-state index is 12.2. The number of ether oxygens (including phenoxy) is 1. The molecule has 1 aliphatic heterocycles. The van der Waals surface area contributed by atoms with Gasteiger partial charge in [0.25, 0.3) is 0 Å². The summed E-state index contributed by atoms with van der Waals surface area (Å²) >= 11 is 0. The Bertz CT molecular complexity index is 545. The minimum atomic E-state index is -0.950. The van der Waals surface area contributed by atoms with Gasteiger partial charge in [-0.1, -0.05) is 29.7 Å².